The molecule has 0 aromatic carbocycles. The van der Waals surface area contributed by atoms with Crippen molar-refractivity contribution in [2.45, 2.75) is 90.1 Å². The summed E-state index contributed by atoms with van der Waals surface area (Å²) in [5, 5.41) is 9.47. The molecule has 1 nitrogen and oxygen atoms in total. The van der Waals surface area contributed by atoms with Gasteiger partial charge in [0.15, 0.2) is 5.60 Å². The first-order valence-corrected chi connectivity index (χ1v) is 7.82. The van der Waals surface area contributed by atoms with E-state index < -0.39 is 5.60 Å². The van der Waals surface area contributed by atoms with E-state index >= 15 is 0 Å². The Balaban J connectivity index is 3.26. The van der Waals surface area contributed by atoms with Crippen LogP contribution in [0.4, 0.5) is 0 Å². The average molecular weight is 262 g/mol. The fourth-order valence-electron chi connectivity index (χ4n) is 1.97. The number of hydrogen-bond acceptors (Lipinski definition) is 1. The summed E-state index contributed by atoms with van der Waals surface area (Å²) in [5.74, 6) is 7.93. The number of terminal acetylenes is 1. The maximum absolute atomic E-state index is 9.47. The maximum atomic E-state index is 9.47. The minimum Gasteiger partial charge on any atom is -0.367 e. The van der Waals surface area contributed by atoms with Crippen molar-refractivity contribution in [3.8, 4) is 24.2 Å². The lowest BCUT2D eigenvalue weighted by Crippen LogP contribution is -2.17. The fourth-order valence-corrected chi connectivity index (χ4v) is 1.97. The molecule has 0 saturated heterocycles. The van der Waals surface area contributed by atoms with Gasteiger partial charge in [0.1, 0.15) is 0 Å². The van der Waals surface area contributed by atoms with E-state index in [0.29, 0.717) is 0 Å². The maximum Gasteiger partial charge on any atom is 0.184 e. The highest BCUT2D eigenvalue weighted by atomic mass is 16.3. The van der Waals surface area contributed by atoms with Crippen LogP contribution in [0, 0.1) is 24.2 Å². The number of hydrogen-bond donors (Lipinski definition) is 1. The third-order valence-corrected chi connectivity index (χ3v) is 3.27. The van der Waals surface area contributed by atoms with Gasteiger partial charge in [-0.05, 0) is 13.3 Å². The normalized spacial score (nSPS) is 13.2. The monoisotopic (exact) mass is 262 g/mol. The molecule has 0 aliphatic rings. The predicted molar refractivity (Wildman–Crippen MR) is 83.7 cm³/mol. The van der Waals surface area contributed by atoms with Crippen LogP contribution in [0.15, 0.2) is 0 Å². The van der Waals surface area contributed by atoms with Gasteiger partial charge >= 0.3 is 0 Å². The standard InChI is InChI=1S/C18H30O/c1-4-6-7-8-9-10-11-12-13-14-15-16-17-18(3,19)5-2/h2,19H,4,6-15H2,1,3H3. The molecule has 0 bridgehead atoms. The Bertz CT molecular complexity index is 298. The van der Waals surface area contributed by atoms with Gasteiger partial charge in [0.2, 0.25) is 0 Å². The molecule has 0 fully saturated rings. The zero-order valence-corrected chi connectivity index (χ0v) is 12.8. The van der Waals surface area contributed by atoms with Gasteiger partial charge in [-0.3, -0.25) is 0 Å². The number of aliphatic hydroxyl groups is 1. The molecule has 0 aliphatic heterocycles. The van der Waals surface area contributed by atoms with Gasteiger partial charge in [0.05, 0.1) is 0 Å². The molecular weight excluding hydrogens is 232 g/mol. The number of unbranched alkanes of at least 4 members (excludes halogenated alkanes) is 10. The van der Waals surface area contributed by atoms with Crippen LogP contribution in [-0.4, -0.2) is 10.7 Å². The quantitative estimate of drug-likeness (QED) is 0.447. The van der Waals surface area contributed by atoms with Crippen LogP contribution in [-0.2, 0) is 0 Å². The third kappa shape index (κ3) is 13.3. The van der Waals surface area contributed by atoms with Crippen LogP contribution >= 0.6 is 0 Å². The summed E-state index contributed by atoms with van der Waals surface area (Å²) in [4.78, 5) is 0. The highest BCUT2D eigenvalue weighted by Gasteiger charge is 2.09. The summed E-state index contributed by atoms with van der Waals surface area (Å²) in [6.45, 7) is 3.81. The van der Waals surface area contributed by atoms with Crippen LogP contribution in [0.1, 0.15) is 84.5 Å². The zero-order chi connectivity index (χ0) is 14.4. The van der Waals surface area contributed by atoms with Gasteiger partial charge in [-0.1, -0.05) is 82.5 Å². The molecule has 0 aliphatic carbocycles. The molecule has 1 unspecified atom stereocenters. The van der Waals surface area contributed by atoms with E-state index in [1.165, 1.54) is 57.8 Å². The Morgan fingerprint density at radius 1 is 0.895 bits per heavy atom. The summed E-state index contributed by atoms with van der Waals surface area (Å²) in [6.07, 6.45) is 19.3. The predicted octanol–water partition coefficient (Wildman–Crippen LogP) is 4.69. The topological polar surface area (TPSA) is 20.2 Å². The van der Waals surface area contributed by atoms with Gasteiger partial charge in [-0.2, -0.15) is 0 Å². The lowest BCUT2D eigenvalue weighted by molar-refractivity contribution is 0.184. The molecule has 1 N–H and O–H groups in total. The van der Waals surface area contributed by atoms with Crippen molar-refractivity contribution in [2.75, 3.05) is 0 Å². The lowest BCUT2D eigenvalue weighted by Gasteiger charge is -2.05. The Hall–Kier alpha value is -0.920. The van der Waals surface area contributed by atoms with Crippen LogP contribution < -0.4 is 0 Å². The first-order valence-electron chi connectivity index (χ1n) is 7.82. The highest BCUT2D eigenvalue weighted by molar-refractivity contribution is 5.24. The first-order chi connectivity index (χ1) is 9.12. The second-order valence-electron chi connectivity index (χ2n) is 5.45. The molecule has 0 spiro atoms. The molecule has 1 atom stereocenters. The minimum absolute atomic E-state index is 0.842. The van der Waals surface area contributed by atoms with Crippen LogP contribution in [0.25, 0.3) is 0 Å². The number of rotatable bonds is 10. The van der Waals surface area contributed by atoms with E-state index in [0.717, 1.165) is 12.8 Å². The SMILES string of the molecule is C#CC(C)(O)C#CCCCCCCCCCCCC. The Kier molecular flexibility index (Phi) is 11.5. The van der Waals surface area contributed by atoms with Gasteiger partial charge in [-0.15, -0.1) is 6.42 Å². The Labute approximate surface area is 120 Å². The van der Waals surface area contributed by atoms with Crippen LogP contribution in [0.5, 0.6) is 0 Å². The summed E-state index contributed by atoms with van der Waals surface area (Å²) >= 11 is 0. The van der Waals surface area contributed by atoms with E-state index in [9.17, 15) is 5.11 Å². The molecular formula is C18H30O. The van der Waals surface area contributed by atoms with Crippen molar-refractivity contribution in [3.05, 3.63) is 0 Å². The molecule has 0 saturated carbocycles. The summed E-state index contributed by atoms with van der Waals surface area (Å²) in [7, 11) is 0. The largest absolute Gasteiger partial charge is 0.367 e. The van der Waals surface area contributed by atoms with Crippen LogP contribution in [0.2, 0.25) is 0 Å². The van der Waals surface area contributed by atoms with Gasteiger partial charge < -0.3 is 5.11 Å². The molecule has 0 radical (unpaired) electrons. The molecule has 1 heteroatoms. The van der Waals surface area contributed by atoms with Crippen molar-refractivity contribution >= 4 is 0 Å². The van der Waals surface area contributed by atoms with Crippen molar-refractivity contribution in [1.82, 2.24) is 0 Å². The molecule has 19 heavy (non-hydrogen) atoms. The smallest absolute Gasteiger partial charge is 0.184 e. The second-order valence-corrected chi connectivity index (χ2v) is 5.45. The Morgan fingerprint density at radius 2 is 1.37 bits per heavy atom. The van der Waals surface area contributed by atoms with Crippen molar-refractivity contribution < 1.29 is 5.11 Å². The first kappa shape index (κ1) is 18.1. The minimum atomic E-state index is -1.25. The summed E-state index contributed by atoms with van der Waals surface area (Å²) in [6, 6.07) is 0. The summed E-state index contributed by atoms with van der Waals surface area (Å²) < 4.78 is 0. The molecule has 0 amide bonds. The zero-order valence-electron chi connectivity index (χ0n) is 12.8. The van der Waals surface area contributed by atoms with E-state index in [1.807, 2.05) is 0 Å². The van der Waals surface area contributed by atoms with Crippen molar-refractivity contribution in [1.29, 1.82) is 0 Å². The molecule has 0 aromatic rings. The fraction of sp³-hybridized carbons (Fsp3) is 0.778. The molecule has 0 heterocycles. The van der Waals surface area contributed by atoms with Crippen molar-refractivity contribution in [3.63, 3.8) is 0 Å². The van der Waals surface area contributed by atoms with Gasteiger partial charge in [-0.25, -0.2) is 0 Å². The van der Waals surface area contributed by atoms with Crippen molar-refractivity contribution in [2.24, 2.45) is 0 Å². The summed E-state index contributed by atoms with van der Waals surface area (Å²) in [5.41, 5.74) is -1.25. The van der Waals surface area contributed by atoms with Gasteiger partial charge in [0.25, 0.3) is 0 Å². The lowest BCUT2D eigenvalue weighted by atomic mass is 10.1. The molecule has 0 aromatic heterocycles. The molecule has 108 valence electrons. The molecule has 0 rings (SSSR count). The van der Waals surface area contributed by atoms with E-state index in [2.05, 4.69) is 24.7 Å². The van der Waals surface area contributed by atoms with Crippen LogP contribution in [0.3, 0.4) is 0 Å². The van der Waals surface area contributed by atoms with Gasteiger partial charge in [0, 0.05) is 6.42 Å². The van der Waals surface area contributed by atoms with E-state index in [-0.39, 0.29) is 0 Å². The van der Waals surface area contributed by atoms with E-state index in [1.54, 1.807) is 6.92 Å². The average Bonchev–Trinajstić information content (AvgIpc) is 2.40. The second kappa shape index (κ2) is 12.1. The Morgan fingerprint density at radius 3 is 1.84 bits per heavy atom. The highest BCUT2D eigenvalue weighted by Crippen LogP contribution is 2.11. The van der Waals surface area contributed by atoms with E-state index in [4.69, 9.17) is 6.42 Å². The third-order valence-electron chi connectivity index (χ3n) is 3.27.